The number of nitrogens with zero attached hydrogens (tertiary/aromatic N) is 2. The predicted molar refractivity (Wildman–Crippen MR) is 121 cm³/mol. The lowest BCUT2D eigenvalue weighted by Crippen LogP contribution is -2.63. The van der Waals surface area contributed by atoms with Crippen molar-refractivity contribution in [3.05, 3.63) is 29.0 Å². The number of benzene rings is 1. The van der Waals surface area contributed by atoms with Crippen LogP contribution in [-0.2, 0) is 19.8 Å². The van der Waals surface area contributed by atoms with E-state index >= 15 is 0 Å². The van der Waals surface area contributed by atoms with Crippen LogP contribution in [0.15, 0.2) is 18.2 Å². The number of hydrogen-bond donors (Lipinski definition) is 2. The summed E-state index contributed by atoms with van der Waals surface area (Å²) in [5.74, 6) is -0.498. The second-order valence-electron chi connectivity index (χ2n) is 10.1. The van der Waals surface area contributed by atoms with Crippen LogP contribution in [0, 0.1) is 29.0 Å². The molecule has 4 aliphatic carbocycles. The van der Waals surface area contributed by atoms with Gasteiger partial charge in [0.1, 0.15) is 5.82 Å². The molecule has 180 valence electrons. The standard InChI is InChI=1S/C22H28ClFN4O4S/c23-16-2-3-18(17(24)8-16)28-5-1-4-27(33(28,31)32)12-19(29)26-20-14-6-13-7-15(20)11-22(9-13,10-14)21(25)30/h2-3,8,13-15,20H,1,4-7,9-12H2,(H2,25,30)(H,26,29). The first-order valence-electron chi connectivity index (χ1n) is 11.4. The van der Waals surface area contributed by atoms with Gasteiger partial charge in [-0.25, -0.2) is 4.39 Å². The van der Waals surface area contributed by atoms with Crippen LogP contribution in [0.5, 0.6) is 0 Å². The molecule has 33 heavy (non-hydrogen) atoms. The highest BCUT2D eigenvalue weighted by molar-refractivity contribution is 7.90. The van der Waals surface area contributed by atoms with Crippen LogP contribution in [0.25, 0.3) is 0 Å². The molecule has 5 fully saturated rings. The van der Waals surface area contributed by atoms with Crippen LogP contribution >= 0.6 is 11.6 Å². The van der Waals surface area contributed by atoms with Gasteiger partial charge in [0, 0.05) is 29.6 Å². The van der Waals surface area contributed by atoms with Crippen molar-refractivity contribution >= 4 is 39.3 Å². The number of rotatable bonds is 5. The van der Waals surface area contributed by atoms with E-state index in [-0.39, 0.29) is 60.0 Å². The summed E-state index contributed by atoms with van der Waals surface area (Å²) in [6, 6.07) is 3.77. The fraction of sp³-hybridized carbons (Fsp3) is 0.636. The number of carbonyl (C=O) groups excluding carboxylic acids is 2. The zero-order valence-electron chi connectivity index (χ0n) is 18.2. The molecule has 11 heteroatoms. The lowest BCUT2D eigenvalue weighted by Gasteiger charge is -2.58. The van der Waals surface area contributed by atoms with Crippen LogP contribution in [0.1, 0.15) is 38.5 Å². The minimum atomic E-state index is -4.07. The Hall–Kier alpha value is -1.91. The molecule has 1 aliphatic heterocycles. The Bertz CT molecular complexity index is 1080. The molecule has 0 radical (unpaired) electrons. The summed E-state index contributed by atoms with van der Waals surface area (Å²) in [4.78, 5) is 25.1. The molecule has 4 bridgehead atoms. The van der Waals surface area contributed by atoms with Gasteiger partial charge in [0.05, 0.1) is 12.2 Å². The smallest absolute Gasteiger partial charge is 0.304 e. The topological polar surface area (TPSA) is 113 Å². The van der Waals surface area contributed by atoms with Gasteiger partial charge in [-0.1, -0.05) is 11.6 Å². The number of halogens is 2. The van der Waals surface area contributed by atoms with E-state index in [1.165, 1.54) is 12.1 Å². The third-order valence-corrected chi connectivity index (χ3v) is 10.1. The number of carbonyl (C=O) groups is 2. The maximum atomic E-state index is 14.4. The van der Waals surface area contributed by atoms with Gasteiger partial charge >= 0.3 is 10.2 Å². The molecule has 2 atom stereocenters. The van der Waals surface area contributed by atoms with Crippen molar-refractivity contribution < 1.29 is 22.4 Å². The molecule has 4 saturated carbocycles. The largest absolute Gasteiger partial charge is 0.369 e. The monoisotopic (exact) mass is 498 g/mol. The second kappa shape index (κ2) is 8.09. The molecule has 1 heterocycles. The van der Waals surface area contributed by atoms with Crippen molar-refractivity contribution in [1.82, 2.24) is 9.62 Å². The summed E-state index contributed by atoms with van der Waals surface area (Å²) in [6.07, 6.45) is 4.60. The summed E-state index contributed by atoms with van der Waals surface area (Å²) in [5, 5.41) is 3.25. The fourth-order valence-corrected chi connectivity index (χ4v) is 8.64. The van der Waals surface area contributed by atoms with Crippen molar-refractivity contribution in [2.24, 2.45) is 28.9 Å². The van der Waals surface area contributed by atoms with Crippen LogP contribution in [0.2, 0.25) is 5.02 Å². The minimum Gasteiger partial charge on any atom is -0.369 e. The maximum Gasteiger partial charge on any atom is 0.304 e. The molecular weight excluding hydrogens is 471 g/mol. The van der Waals surface area contributed by atoms with Gasteiger partial charge in [-0.3, -0.25) is 13.9 Å². The Balaban J connectivity index is 1.28. The van der Waals surface area contributed by atoms with E-state index in [1.54, 1.807) is 0 Å². The Kier molecular flexibility index (Phi) is 5.61. The molecule has 0 aromatic heterocycles. The van der Waals surface area contributed by atoms with E-state index in [9.17, 15) is 22.4 Å². The van der Waals surface area contributed by atoms with E-state index in [4.69, 9.17) is 17.3 Å². The van der Waals surface area contributed by atoms with Crippen LogP contribution < -0.4 is 15.4 Å². The normalized spacial score (nSPS) is 34.9. The lowest BCUT2D eigenvalue weighted by atomic mass is 9.47. The summed E-state index contributed by atoms with van der Waals surface area (Å²) in [6.45, 7) is -0.0113. The number of hydrogen-bond acceptors (Lipinski definition) is 4. The number of nitrogens with one attached hydrogen (secondary N) is 1. The first-order chi connectivity index (χ1) is 15.6. The minimum absolute atomic E-state index is 0.0705. The Morgan fingerprint density at radius 3 is 2.52 bits per heavy atom. The van der Waals surface area contributed by atoms with E-state index < -0.39 is 21.4 Å². The van der Waals surface area contributed by atoms with Crippen LogP contribution in [-0.4, -0.2) is 50.2 Å². The van der Waals surface area contributed by atoms with Gasteiger partial charge < -0.3 is 11.1 Å². The average Bonchev–Trinajstić information content (AvgIpc) is 2.72. The molecular formula is C22H28ClFN4O4S. The molecule has 2 unspecified atom stereocenters. The highest BCUT2D eigenvalue weighted by Crippen LogP contribution is 2.59. The molecule has 2 amide bonds. The fourth-order valence-electron chi connectivity index (χ4n) is 6.80. The molecule has 8 nitrogen and oxygen atoms in total. The average molecular weight is 499 g/mol. The molecule has 3 N–H and O–H groups in total. The van der Waals surface area contributed by atoms with E-state index in [2.05, 4.69) is 5.32 Å². The van der Waals surface area contributed by atoms with Crippen molar-refractivity contribution in [1.29, 1.82) is 0 Å². The van der Waals surface area contributed by atoms with Gasteiger partial charge in [0.2, 0.25) is 11.8 Å². The predicted octanol–water partition coefficient (Wildman–Crippen LogP) is 2.03. The Labute approximate surface area is 197 Å². The van der Waals surface area contributed by atoms with Crippen molar-refractivity contribution in [2.75, 3.05) is 23.9 Å². The highest BCUT2D eigenvalue weighted by atomic mass is 35.5. The molecule has 1 aromatic rings. The maximum absolute atomic E-state index is 14.4. The quantitative estimate of drug-likeness (QED) is 0.646. The third kappa shape index (κ3) is 3.89. The zero-order valence-corrected chi connectivity index (χ0v) is 19.7. The van der Waals surface area contributed by atoms with Gasteiger partial charge in [-0.2, -0.15) is 12.7 Å². The summed E-state index contributed by atoms with van der Waals surface area (Å²) in [7, 11) is -4.07. The number of amides is 2. The molecule has 5 aliphatic rings. The number of nitrogens with two attached hydrogens (primary N) is 1. The van der Waals surface area contributed by atoms with E-state index in [1.807, 2.05) is 0 Å². The SMILES string of the molecule is NC(=O)C12CC3CC(C1)C(NC(=O)CN1CCCN(c4ccc(Cl)cc4F)S1(=O)=O)C(C3)C2. The van der Waals surface area contributed by atoms with Gasteiger partial charge in [-0.05, 0) is 74.5 Å². The van der Waals surface area contributed by atoms with Gasteiger partial charge in [0.15, 0.2) is 0 Å². The summed E-state index contributed by atoms with van der Waals surface area (Å²) >= 11 is 5.80. The molecule has 1 saturated heterocycles. The van der Waals surface area contributed by atoms with Gasteiger partial charge in [-0.15, -0.1) is 0 Å². The van der Waals surface area contributed by atoms with E-state index in [0.29, 0.717) is 25.2 Å². The van der Waals surface area contributed by atoms with Crippen LogP contribution in [0.3, 0.4) is 0 Å². The van der Waals surface area contributed by atoms with Crippen molar-refractivity contribution in [3.8, 4) is 0 Å². The molecule has 0 spiro atoms. The lowest BCUT2D eigenvalue weighted by molar-refractivity contribution is -0.147. The number of primary amides is 1. The Morgan fingerprint density at radius 2 is 1.88 bits per heavy atom. The highest BCUT2D eigenvalue weighted by Gasteiger charge is 2.58. The third-order valence-electron chi connectivity index (χ3n) is 8.00. The second-order valence-corrected chi connectivity index (χ2v) is 12.4. The first-order valence-corrected chi connectivity index (χ1v) is 13.2. The van der Waals surface area contributed by atoms with E-state index in [0.717, 1.165) is 33.9 Å². The zero-order chi connectivity index (χ0) is 23.5. The van der Waals surface area contributed by atoms with Crippen LogP contribution in [0.4, 0.5) is 10.1 Å². The van der Waals surface area contributed by atoms with Crippen molar-refractivity contribution in [2.45, 2.75) is 44.6 Å². The first kappa shape index (κ1) is 22.9. The summed E-state index contributed by atoms with van der Waals surface area (Å²) < 4.78 is 42.8. The Morgan fingerprint density at radius 1 is 1.18 bits per heavy atom. The molecule has 1 aromatic carbocycles. The summed E-state index contributed by atoms with van der Waals surface area (Å²) in [5.41, 5.74) is 5.20. The van der Waals surface area contributed by atoms with Crippen molar-refractivity contribution in [3.63, 3.8) is 0 Å². The molecule has 6 rings (SSSR count). The van der Waals surface area contributed by atoms with Gasteiger partial charge in [0.25, 0.3) is 0 Å². The number of anilines is 1.